The number of benzene rings is 1. The zero-order valence-corrected chi connectivity index (χ0v) is 14.4. The molecule has 0 atom stereocenters. The minimum absolute atomic E-state index is 0.0504. The van der Waals surface area contributed by atoms with Gasteiger partial charge < -0.3 is 9.72 Å². The highest BCUT2D eigenvalue weighted by molar-refractivity contribution is 6.32. The van der Waals surface area contributed by atoms with E-state index < -0.39 is 46.7 Å². The van der Waals surface area contributed by atoms with Crippen LogP contribution in [-0.2, 0) is 5.92 Å². The molecule has 148 valence electrons. The summed E-state index contributed by atoms with van der Waals surface area (Å²) in [5.74, 6) is -6.80. The summed E-state index contributed by atoms with van der Waals surface area (Å²) in [4.78, 5) is 25.2. The largest absolute Gasteiger partial charge is 0.489 e. The molecule has 1 N–H and O–H groups in total. The minimum atomic E-state index is -6.04. The molecular weight excluding hydrogens is 406 g/mol. The Labute approximate surface area is 152 Å². The normalized spacial score (nSPS) is 12.5. The molecule has 27 heavy (non-hydrogen) atoms. The lowest BCUT2D eigenvalue weighted by molar-refractivity contribution is -0.291. The van der Waals surface area contributed by atoms with Crippen LogP contribution < -0.4 is 16.0 Å². The van der Waals surface area contributed by atoms with Crippen LogP contribution in [0.4, 0.5) is 26.3 Å². The summed E-state index contributed by atoms with van der Waals surface area (Å²) in [6.45, 7) is 3.21. The minimum Gasteiger partial charge on any atom is -0.489 e. The summed E-state index contributed by atoms with van der Waals surface area (Å²) >= 11 is 5.79. The molecule has 0 radical (unpaired) electrons. The second-order valence-corrected chi connectivity index (χ2v) is 6.04. The lowest BCUT2D eigenvalue weighted by Gasteiger charge is -2.19. The van der Waals surface area contributed by atoms with Crippen molar-refractivity contribution in [2.45, 2.75) is 32.1 Å². The summed E-state index contributed by atoms with van der Waals surface area (Å²) in [5, 5.41) is -0.199. The molecule has 0 spiro atoms. The smallest absolute Gasteiger partial charge is 0.459 e. The first-order valence-electron chi connectivity index (χ1n) is 7.23. The number of alkyl halides is 5. The zero-order chi connectivity index (χ0) is 20.7. The molecule has 0 unspecified atom stereocenters. The zero-order valence-electron chi connectivity index (χ0n) is 13.6. The second-order valence-electron chi connectivity index (χ2n) is 5.63. The van der Waals surface area contributed by atoms with E-state index in [4.69, 9.17) is 16.3 Å². The van der Waals surface area contributed by atoms with E-state index in [1.54, 1.807) is 13.8 Å². The third-order valence-electron chi connectivity index (χ3n) is 3.23. The Hall–Kier alpha value is -2.43. The number of aromatic nitrogens is 2. The van der Waals surface area contributed by atoms with Crippen LogP contribution in [0.2, 0.25) is 5.02 Å². The van der Waals surface area contributed by atoms with Gasteiger partial charge in [0.05, 0.1) is 16.8 Å². The SMILES string of the molecule is CC(C)Oc1cc(-n2c(=O)cc(C(F)(F)C(F)(F)F)[nH]c2=O)c(F)cc1Cl. The van der Waals surface area contributed by atoms with Crippen molar-refractivity contribution >= 4 is 11.6 Å². The molecule has 2 rings (SSSR count). The molecule has 5 nitrogen and oxygen atoms in total. The maximum absolute atomic E-state index is 14.2. The van der Waals surface area contributed by atoms with Crippen molar-refractivity contribution in [1.82, 2.24) is 9.55 Å². The highest BCUT2D eigenvalue weighted by atomic mass is 35.5. The lowest BCUT2D eigenvalue weighted by Crippen LogP contribution is -2.41. The standard InChI is InChI=1S/C15H11ClF6N2O3/c1-6(2)27-10-4-9(8(17)3-7(10)16)24-12(25)5-11(23-13(24)26)14(18,19)15(20,21)22/h3-6H,1-2H3,(H,23,26). The van der Waals surface area contributed by atoms with Gasteiger partial charge in [0.25, 0.3) is 5.56 Å². The van der Waals surface area contributed by atoms with Crippen molar-refractivity contribution in [2.75, 3.05) is 0 Å². The number of nitrogens with zero attached hydrogens (tertiary/aromatic N) is 1. The molecule has 1 aromatic carbocycles. The summed E-state index contributed by atoms with van der Waals surface area (Å²) in [7, 11) is 0. The van der Waals surface area contributed by atoms with Gasteiger partial charge in [-0.15, -0.1) is 0 Å². The average Bonchev–Trinajstić information content (AvgIpc) is 2.49. The molecule has 0 saturated carbocycles. The molecule has 0 aliphatic heterocycles. The van der Waals surface area contributed by atoms with Crippen LogP contribution in [0.25, 0.3) is 5.69 Å². The number of rotatable bonds is 4. The molecule has 0 saturated heterocycles. The van der Waals surface area contributed by atoms with Gasteiger partial charge in [-0.2, -0.15) is 22.0 Å². The summed E-state index contributed by atoms with van der Waals surface area (Å²) < 4.78 is 83.4. The van der Waals surface area contributed by atoms with Gasteiger partial charge in [0.1, 0.15) is 17.3 Å². The van der Waals surface area contributed by atoms with Crippen molar-refractivity contribution in [2.24, 2.45) is 0 Å². The fraction of sp³-hybridized carbons (Fsp3) is 0.333. The van der Waals surface area contributed by atoms with Gasteiger partial charge in [-0.1, -0.05) is 11.6 Å². The highest BCUT2D eigenvalue weighted by Crippen LogP contribution is 2.42. The number of halogens is 7. The van der Waals surface area contributed by atoms with Gasteiger partial charge in [-0.3, -0.25) is 4.79 Å². The highest BCUT2D eigenvalue weighted by Gasteiger charge is 2.59. The van der Waals surface area contributed by atoms with Gasteiger partial charge in [0.2, 0.25) is 0 Å². The van der Waals surface area contributed by atoms with Gasteiger partial charge >= 0.3 is 17.8 Å². The van der Waals surface area contributed by atoms with Crippen molar-refractivity contribution in [3.05, 3.63) is 55.6 Å². The van der Waals surface area contributed by atoms with Crippen LogP contribution >= 0.6 is 11.6 Å². The Kier molecular flexibility index (Phi) is 5.37. The Morgan fingerprint density at radius 1 is 1.11 bits per heavy atom. The van der Waals surface area contributed by atoms with Crippen LogP contribution in [0.1, 0.15) is 19.5 Å². The number of ether oxygens (including phenoxy) is 1. The van der Waals surface area contributed by atoms with Crippen LogP contribution in [0.5, 0.6) is 5.75 Å². The predicted octanol–water partition coefficient (Wildman–Crippen LogP) is 3.76. The predicted molar refractivity (Wildman–Crippen MR) is 83.3 cm³/mol. The van der Waals surface area contributed by atoms with Gasteiger partial charge in [0, 0.05) is 12.1 Å². The fourth-order valence-electron chi connectivity index (χ4n) is 2.08. The molecule has 0 amide bonds. The van der Waals surface area contributed by atoms with E-state index in [-0.39, 0.29) is 21.4 Å². The number of nitrogens with one attached hydrogen (secondary N) is 1. The summed E-state index contributed by atoms with van der Waals surface area (Å²) in [6, 6.07) is 1.43. The Morgan fingerprint density at radius 3 is 2.19 bits per heavy atom. The Bertz CT molecular complexity index is 950. The number of hydrogen-bond donors (Lipinski definition) is 1. The lowest BCUT2D eigenvalue weighted by atomic mass is 10.2. The maximum atomic E-state index is 14.2. The van der Waals surface area contributed by atoms with Gasteiger partial charge in [0.15, 0.2) is 0 Å². The van der Waals surface area contributed by atoms with E-state index in [0.717, 1.165) is 6.07 Å². The maximum Gasteiger partial charge on any atom is 0.459 e. The fourth-order valence-corrected chi connectivity index (χ4v) is 2.27. The van der Waals surface area contributed by atoms with E-state index >= 15 is 0 Å². The molecular formula is C15H11ClF6N2O3. The first-order valence-corrected chi connectivity index (χ1v) is 7.61. The van der Waals surface area contributed by atoms with E-state index in [1.807, 2.05) is 0 Å². The Morgan fingerprint density at radius 2 is 1.70 bits per heavy atom. The second kappa shape index (κ2) is 6.95. The van der Waals surface area contributed by atoms with Crippen LogP contribution in [0.3, 0.4) is 0 Å². The van der Waals surface area contributed by atoms with Crippen LogP contribution in [0.15, 0.2) is 27.8 Å². The number of H-pyrrole nitrogens is 1. The molecule has 12 heteroatoms. The van der Waals surface area contributed by atoms with Crippen LogP contribution in [-0.4, -0.2) is 21.8 Å². The van der Waals surface area contributed by atoms with Gasteiger partial charge in [-0.05, 0) is 19.9 Å². The van der Waals surface area contributed by atoms with Crippen molar-refractivity contribution in [3.63, 3.8) is 0 Å². The summed E-state index contributed by atoms with van der Waals surface area (Å²) in [5.41, 5.74) is -6.00. The first kappa shape index (κ1) is 20.9. The van der Waals surface area contributed by atoms with Crippen molar-refractivity contribution in [3.8, 4) is 11.4 Å². The number of hydrogen-bond acceptors (Lipinski definition) is 3. The third-order valence-corrected chi connectivity index (χ3v) is 3.53. The Balaban J connectivity index is 2.69. The van der Waals surface area contributed by atoms with Crippen LogP contribution in [0, 0.1) is 5.82 Å². The topological polar surface area (TPSA) is 64.1 Å². The molecule has 0 bridgehead atoms. The van der Waals surface area contributed by atoms with Crippen molar-refractivity contribution in [1.29, 1.82) is 0 Å². The van der Waals surface area contributed by atoms with E-state index in [0.29, 0.717) is 6.07 Å². The van der Waals surface area contributed by atoms with E-state index in [2.05, 4.69) is 0 Å². The molecule has 0 aliphatic rings. The van der Waals surface area contributed by atoms with E-state index in [1.165, 1.54) is 4.98 Å². The van der Waals surface area contributed by atoms with E-state index in [9.17, 15) is 35.9 Å². The molecule has 0 aliphatic carbocycles. The average molecular weight is 417 g/mol. The molecule has 0 fully saturated rings. The first-order chi connectivity index (χ1) is 12.3. The summed E-state index contributed by atoms with van der Waals surface area (Å²) in [6.07, 6.45) is -6.47. The third kappa shape index (κ3) is 3.97. The monoisotopic (exact) mass is 416 g/mol. The molecule has 1 aromatic heterocycles. The molecule has 1 heterocycles. The van der Waals surface area contributed by atoms with Crippen molar-refractivity contribution < 1.29 is 31.1 Å². The quantitative estimate of drug-likeness (QED) is 0.772. The van der Waals surface area contributed by atoms with Gasteiger partial charge in [-0.25, -0.2) is 13.8 Å². The number of aromatic amines is 1. The molecule has 2 aromatic rings.